The summed E-state index contributed by atoms with van der Waals surface area (Å²) >= 11 is 19.6. The van der Waals surface area contributed by atoms with Crippen molar-refractivity contribution in [1.29, 1.82) is 0 Å². The van der Waals surface area contributed by atoms with E-state index < -0.39 is 0 Å². The molecule has 0 fully saturated rings. The smallest absolute Gasteiger partial charge is 0.152 e. The predicted molar refractivity (Wildman–Crippen MR) is 110 cm³/mol. The molecule has 0 saturated carbocycles. The molecule has 0 bridgehead atoms. The minimum absolute atomic E-state index is 0.107. The maximum Gasteiger partial charge on any atom is 0.152 e. The molecule has 0 spiro atoms. The van der Waals surface area contributed by atoms with Gasteiger partial charge in [-0.3, -0.25) is 0 Å². The van der Waals surface area contributed by atoms with E-state index in [1.54, 1.807) is 0 Å². The van der Waals surface area contributed by atoms with E-state index in [4.69, 9.17) is 32.7 Å². The molecular weight excluding hydrogens is 491 g/mol. The van der Waals surface area contributed by atoms with E-state index in [1.165, 1.54) is 0 Å². The summed E-state index contributed by atoms with van der Waals surface area (Å²) < 4.78 is 13.8. The molecule has 2 nitrogen and oxygen atoms in total. The summed E-state index contributed by atoms with van der Waals surface area (Å²) in [5.74, 6) is 1.30. The Labute approximate surface area is 174 Å². The van der Waals surface area contributed by atoms with Crippen LogP contribution in [0.25, 0.3) is 0 Å². The van der Waals surface area contributed by atoms with Gasteiger partial charge in [0.25, 0.3) is 0 Å². The third kappa shape index (κ3) is 4.54. The van der Waals surface area contributed by atoms with E-state index in [-0.39, 0.29) is 12.2 Å². The van der Waals surface area contributed by atoms with Crippen molar-refractivity contribution in [2.45, 2.75) is 32.5 Å². The molecule has 2 atom stereocenters. The molecule has 0 N–H and O–H groups in total. The summed E-state index contributed by atoms with van der Waals surface area (Å²) in [5.41, 5.74) is 2.15. The fourth-order valence-corrected chi connectivity index (χ4v) is 4.91. The van der Waals surface area contributed by atoms with Gasteiger partial charge in [0.05, 0.1) is 19.0 Å². The Balaban J connectivity index is 1.69. The van der Waals surface area contributed by atoms with E-state index in [1.807, 2.05) is 50.3 Å². The molecular formula is C19H16Br2Cl2O2. The van der Waals surface area contributed by atoms with Gasteiger partial charge in [0.15, 0.2) is 11.5 Å². The molecule has 2 aromatic carbocycles. The van der Waals surface area contributed by atoms with Crippen LogP contribution in [0.4, 0.5) is 0 Å². The molecule has 3 rings (SSSR count). The summed E-state index contributed by atoms with van der Waals surface area (Å²) in [4.78, 5) is 0. The molecule has 0 unspecified atom stereocenters. The van der Waals surface area contributed by atoms with Crippen LogP contribution in [0.3, 0.4) is 0 Å². The zero-order valence-electron chi connectivity index (χ0n) is 13.7. The number of hydrogen-bond donors (Lipinski definition) is 0. The molecule has 0 aliphatic heterocycles. The fraction of sp³-hybridized carbons (Fsp3) is 0.263. The Bertz CT molecular complexity index is 723. The fourth-order valence-electron chi connectivity index (χ4n) is 2.71. The van der Waals surface area contributed by atoms with Crippen LogP contribution in [0.1, 0.15) is 17.5 Å². The second kappa shape index (κ2) is 7.91. The van der Waals surface area contributed by atoms with Crippen LogP contribution in [0.15, 0.2) is 45.4 Å². The topological polar surface area (TPSA) is 18.5 Å². The number of ether oxygens (including phenoxy) is 2. The van der Waals surface area contributed by atoms with E-state index in [2.05, 4.69) is 31.9 Å². The predicted octanol–water partition coefficient (Wildman–Crippen LogP) is 7.29. The van der Waals surface area contributed by atoms with Crippen molar-refractivity contribution in [2.75, 3.05) is 0 Å². The highest BCUT2D eigenvalue weighted by atomic mass is 79.9. The van der Waals surface area contributed by atoms with Gasteiger partial charge in [-0.15, -0.1) is 0 Å². The summed E-state index contributed by atoms with van der Waals surface area (Å²) in [6.07, 6.45) is 4.45. The minimum Gasteiger partial charge on any atom is -0.483 e. The second-order valence-electron chi connectivity index (χ2n) is 6.05. The molecule has 25 heavy (non-hydrogen) atoms. The number of benzene rings is 2. The summed E-state index contributed by atoms with van der Waals surface area (Å²) in [6, 6.07) is 7.74. The average molecular weight is 507 g/mol. The molecule has 0 aromatic heterocycles. The SMILES string of the molecule is Cc1cc(Cl)c(O[C@@H]2C=C[C@H](Oc3c(Cl)cc(C)cc3Br)C2)c(Br)c1. The van der Waals surface area contributed by atoms with Gasteiger partial charge >= 0.3 is 0 Å². The first-order valence-electron chi connectivity index (χ1n) is 7.76. The maximum absolute atomic E-state index is 6.30. The van der Waals surface area contributed by atoms with Gasteiger partial charge in [-0.25, -0.2) is 0 Å². The monoisotopic (exact) mass is 504 g/mol. The molecule has 0 heterocycles. The molecule has 0 amide bonds. The lowest BCUT2D eigenvalue weighted by Crippen LogP contribution is -2.19. The lowest BCUT2D eigenvalue weighted by Gasteiger charge is -2.19. The van der Waals surface area contributed by atoms with Gasteiger partial charge < -0.3 is 9.47 Å². The van der Waals surface area contributed by atoms with Gasteiger partial charge in [0.1, 0.15) is 12.2 Å². The summed E-state index contributed by atoms with van der Waals surface area (Å²) in [5, 5.41) is 1.18. The van der Waals surface area contributed by atoms with Crippen molar-refractivity contribution < 1.29 is 9.47 Å². The highest BCUT2D eigenvalue weighted by Crippen LogP contribution is 2.38. The Hall–Kier alpha value is -0.680. The van der Waals surface area contributed by atoms with Crippen LogP contribution >= 0.6 is 55.1 Å². The van der Waals surface area contributed by atoms with E-state index in [0.29, 0.717) is 28.0 Å². The number of halogens is 4. The van der Waals surface area contributed by atoms with Gasteiger partial charge in [0.2, 0.25) is 0 Å². The van der Waals surface area contributed by atoms with Crippen molar-refractivity contribution in [3.05, 3.63) is 66.5 Å². The zero-order valence-corrected chi connectivity index (χ0v) is 18.3. The van der Waals surface area contributed by atoms with Crippen LogP contribution in [0.5, 0.6) is 11.5 Å². The van der Waals surface area contributed by atoms with Crippen LogP contribution in [0, 0.1) is 13.8 Å². The van der Waals surface area contributed by atoms with Crippen LogP contribution in [0.2, 0.25) is 10.0 Å². The zero-order chi connectivity index (χ0) is 18.1. The first-order chi connectivity index (χ1) is 11.8. The van der Waals surface area contributed by atoms with E-state index >= 15 is 0 Å². The lowest BCUT2D eigenvalue weighted by atomic mass is 10.2. The summed E-state index contributed by atoms with van der Waals surface area (Å²) in [6.45, 7) is 3.98. The minimum atomic E-state index is -0.107. The third-order valence-corrected chi connectivity index (χ3v) is 5.57. The van der Waals surface area contributed by atoms with Crippen molar-refractivity contribution in [3.63, 3.8) is 0 Å². The Morgan fingerprint density at radius 1 is 0.800 bits per heavy atom. The molecule has 0 saturated heterocycles. The van der Waals surface area contributed by atoms with Crippen molar-refractivity contribution in [1.82, 2.24) is 0 Å². The van der Waals surface area contributed by atoms with Gasteiger partial charge in [-0.05, 0) is 93.3 Å². The van der Waals surface area contributed by atoms with Gasteiger partial charge in [0, 0.05) is 6.42 Å². The Morgan fingerprint density at radius 3 is 1.56 bits per heavy atom. The Kier molecular flexibility index (Phi) is 6.04. The maximum atomic E-state index is 6.30. The van der Waals surface area contributed by atoms with Crippen LogP contribution in [-0.4, -0.2) is 12.2 Å². The van der Waals surface area contributed by atoms with E-state index in [9.17, 15) is 0 Å². The highest BCUT2D eigenvalue weighted by Gasteiger charge is 2.25. The third-order valence-electron chi connectivity index (χ3n) is 3.83. The van der Waals surface area contributed by atoms with Crippen LogP contribution < -0.4 is 9.47 Å². The lowest BCUT2D eigenvalue weighted by molar-refractivity contribution is 0.179. The van der Waals surface area contributed by atoms with Crippen molar-refractivity contribution in [2.24, 2.45) is 0 Å². The second-order valence-corrected chi connectivity index (χ2v) is 8.57. The standard InChI is InChI=1S/C19H16Br2Cl2O2/c1-10-5-14(20)18(16(22)7-10)24-12-3-4-13(9-12)25-19-15(21)6-11(2)8-17(19)23/h3-8,12-13H,9H2,1-2H3/t12-,13+. The van der Waals surface area contributed by atoms with Crippen LogP contribution in [-0.2, 0) is 0 Å². The van der Waals surface area contributed by atoms with Crippen molar-refractivity contribution in [3.8, 4) is 11.5 Å². The average Bonchev–Trinajstić information content (AvgIpc) is 2.94. The molecule has 2 aromatic rings. The number of aryl methyl sites for hydroxylation is 2. The largest absolute Gasteiger partial charge is 0.483 e. The molecule has 1 aliphatic rings. The Morgan fingerprint density at radius 2 is 1.20 bits per heavy atom. The van der Waals surface area contributed by atoms with Gasteiger partial charge in [-0.1, -0.05) is 23.2 Å². The normalized spacial score (nSPS) is 19.3. The first kappa shape index (κ1) is 19.1. The van der Waals surface area contributed by atoms with Crippen molar-refractivity contribution >= 4 is 55.1 Å². The molecule has 6 heteroatoms. The molecule has 132 valence electrons. The first-order valence-corrected chi connectivity index (χ1v) is 10.1. The van der Waals surface area contributed by atoms with E-state index in [0.717, 1.165) is 20.1 Å². The number of hydrogen-bond acceptors (Lipinski definition) is 2. The quantitative estimate of drug-likeness (QED) is 0.405. The molecule has 0 radical (unpaired) electrons. The number of rotatable bonds is 4. The summed E-state index contributed by atoms with van der Waals surface area (Å²) in [7, 11) is 0. The highest BCUT2D eigenvalue weighted by molar-refractivity contribution is 9.11. The van der Waals surface area contributed by atoms with Gasteiger partial charge in [-0.2, -0.15) is 0 Å². The molecule has 1 aliphatic carbocycles.